The van der Waals surface area contributed by atoms with Crippen LogP contribution in [0.25, 0.3) is 22.6 Å². The first-order valence-electron chi connectivity index (χ1n) is 9.70. The monoisotopic (exact) mass is 420 g/mol. The van der Waals surface area contributed by atoms with Crippen LogP contribution in [0.4, 0.5) is 5.69 Å². The number of nitrogens with one attached hydrogen (secondary N) is 1. The highest BCUT2D eigenvalue weighted by Crippen LogP contribution is 2.30. The van der Waals surface area contributed by atoms with Crippen LogP contribution in [0.3, 0.4) is 0 Å². The Kier molecular flexibility index (Phi) is 5.72. The number of aryl methyl sites for hydroxylation is 2. The zero-order chi connectivity index (χ0) is 21.1. The first-order chi connectivity index (χ1) is 14.5. The number of aromatic nitrogens is 1. The third kappa shape index (κ3) is 4.47. The fourth-order valence-corrected chi connectivity index (χ4v) is 3.24. The van der Waals surface area contributed by atoms with Gasteiger partial charge in [-0.15, -0.1) is 0 Å². The lowest BCUT2D eigenvalue weighted by molar-refractivity contribution is -0.118. The lowest BCUT2D eigenvalue weighted by atomic mass is 10.2. The quantitative estimate of drug-likeness (QED) is 0.413. The van der Waals surface area contributed by atoms with Crippen molar-refractivity contribution in [2.75, 3.05) is 11.9 Å². The van der Waals surface area contributed by atoms with Gasteiger partial charge in [-0.25, -0.2) is 4.98 Å². The summed E-state index contributed by atoms with van der Waals surface area (Å²) in [6.45, 7) is 3.97. The van der Waals surface area contributed by atoms with E-state index in [4.69, 9.17) is 20.8 Å². The number of halogens is 1. The van der Waals surface area contributed by atoms with Crippen LogP contribution < -0.4 is 10.1 Å². The van der Waals surface area contributed by atoms with Gasteiger partial charge in [-0.1, -0.05) is 36.7 Å². The lowest BCUT2D eigenvalue weighted by Gasteiger charge is -2.10. The van der Waals surface area contributed by atoms with Crippen molar-refractivity contribution >= 4 is 34.3 Å². The number of oxazole rings is 1. The lowest BCUT2D eigenvalue weighted by Crippen LogP contribution is -2.20. The predicted molar refractivity (Wildman–Crippen MR) is 119 cm³/mol. The molecule has 152 valence electrons. The summed E-state index contributed by atoms with van der Waals surface area (Å²) in [6.07, 6.45) is 0.954. The number of rotatable bonds is 6. The normalized spacial score (nSPS) is 10.9. The Labute approximate surface area is 179 Å². The highest BCUT2D eigenvalue weighted by Gasteiger charge is 2.13. The topological polar surface area (TPSA) is 64.4 Å². The Morgan fingerprint density at radius 2 is 1.90 bits per heavy atom. The SMILES string of the molecule is CCc1ccc(OCC(=O)Nc2cc(-c3nc4cc(C)ccc4o3)ccc2Cl)cc1. The fourth-order valence-electron chi connectivity index (χ4n) is 3.07. The molecule has 0 fully saturated rings. The van der Waals surface area contributed by atoms with E-state index in [1.165, 1.54) is 5.56 Å². The van der Waals surface area contributed by atoms with E-state index in [2.05, 4.69) is 17.2 Å². The van der Waals surface area contributed by atoms with Crippen LogP contribution in [0.2, 0.25) is 5.02 Å². The van der Waals surface area contributed by atoms with Gasteiger partial charge in [0.2, 0.25) is 5.89 Å². The van der Waals surface area contributed by atoms with Gasteiger partial charge in [0.05, 0.1) is 10.7 Å². The third-order valence-electron chi connectivity index (χ3n) is 4.73. The Bertz CT molecular complexity index is 1200. The van der Waals surface area contributed by atoms with Crippen molar-refractivity contribution in [1.29, 1.82) is 0 Å². The first-order valence-corrected chi connectivity index (χ1v) is 10.1. The molecule has 6 heteroatoms. The second kappa shape index (κ2) is 8.59. The molecule has 1 amide bonds. The molecule has 0 saturated carbocycles. The Hall–Kier alpha value is -3.31. The van der Waals surface area contributed by atoms with Crippen molar-refractivity contribution in [2.45, 2.75) is 20.3 Å². The van der Waals surface area contributed by atoms with Gasteiger partial charge >= 0.3 is 0 Å². The number of carbonyl (C=O) groups is 1. The molecule has 0 atom stereocenters. The molecule has 4 rings (SSSR count). The molecule has 0 unspecified atom stereocenters. The summed E-state index contributed by atoms with van der Waals surface area (Å²) in [5, 5.41) is 3.21. The van der Waals surface area contributed by atoms with E-state index in [1.807, 2.05) is 49.4 Å². The van der Waals surface area contributed by atoms with Gasteiger partial charge in [0.15, 0.2) is 12.2 Å². The van der Waals surface area contributed by atoms with Crippen molar-refractivity contribution in [3.8, 4) is 17.2 Å². The average Bonchev–Trinajstić information content (AvgIpc) is 3.17. The number of nitrogens with zero attached hydrogens (tertiary/aromatic N) is 1. The van der Waals surface area contributed by atoms with Gasteiger partial charge in [-0.3, -0.25) is 4.79 Å². The van der Waals surface area contributed by atoms with E-state index in [0.717, 1.165) is 23.1 Å². The largest absolute Gasteiger partial charge is 0.484 e. The van der Waals surface area contributed by atoms with Crippen LogP contribution in [0.5, 0.6) is 5.75 Å². The van der Waals surface area contributed by atoms with Crippen LogP contribution in [0, 0.1) is 6.92 Å². The van der Waals surface area contributed by atoms with E-state index in [0.29, 0.717) is 27.9 Å². The van der Waals surface area contributed by atoms with Crippen molar-refractivity contribution < 1.29 is 13.9 Å². The van der Waals surface area contributed by atoms with Gasteiger partial charge in [0.1, 0.15) is 11.3 Å². The summed E-state index contributed by atoms with van der Waals surface area (Å²) < 4.78 is 11.4. The molecule has 0 spiro atoms. The number of benzene rings is 3. The van der Waals surface area contributed by atoms with Crippen molar-refractivity contribution in [1.82, 2.24) is 4.98 Å². The van der Waals surface area contributed by atoms with E-state index in [9.17, 15) is 4.79 Å². The van der Waals surface area contributed by atoms with Crippen molar-refractivity contribution in [3.63, 3.8) is 0 Å². The number of fused-ring (bicyclic) bond motifs is 1. The summed E-state index contributed by atoms with van der Waals surface area (Å²) in [7, 11) is 0. The second-order valence-corrected chi connectivity index (χ2v) is 7.43. The maximum absolute atomic E-state index is 12.4. The Morgan fingerprint density at radius 3 is 2.67 bits per heavy atom. The highest BCUT2D eigenvalue weighted by molar-refractivity contribution is 6.33. The average molecular weight is 421 g/mol. The van der Waals surface area contributed by atoms with Gasteiger partial charge < -0.3 is 14.5 Å². The summed E-state index contributed by atoms with van der Waals surface area (Å²) >= 11 is 6.27. The summed E-state index contributed by atoms with van der Waals surface area (Å²) in [5.41, 5.74) is 5.01. The minimum atomic E-state index is -0.304. The van der Waals surface area contributed by atoms with E-state index in [-0.39, 0.29) is 12.5 Å². The molecule has 4 aromatic rings. The molecule has 0 bridgehead atoms. The number of anilines is 1. The van der Waals surface area contributed by atoms with Crippen LogP contribution in [0.1, 0.15) is 18.1 Å². The Morgan fingerprint density at radius 1 is 1.10 bits per heavy atom. The first kappa shape index (κ1) is 20.0. The van der Waals surface area contributed by atoms with Crippen LogP contribution in [-0.4, -0.2) is 17.5 Å². The standard InChI is InChI=1S/C24H21ClN2O3/c1-3-16-5-8-18(9-6-16)29-14-23(28)26-20-13-17(7-10-19(20)25)24-27-21-12-15(2)4-11-22(21)30-24/h4-13H,3,14H2,1-2H3,(H,26,28). The minimum absolute atomic E-state index is 0.117. The highest BCUT2D eigenvalue weighted by atomic mass is 35.5. The van der Waals surface area contributed by atoms with Crippen molar-refractivity contribution in [2.24, 2.45) is 0 Å². The molecule has 30 heavy (non-hydrogen) atoms. The van der Waals surface area contributed by atoms with Gasteiger partial charge in [-0.05, 0) is 66.9 Å². The maximum atomic E-state index is 12.4. The summed E-state index contributed by atoms with van der Waals surface area (Å²) in [4.78, 5) is 16.9. The molecule has 1 heterocycles. The second-order valence-electron chi connectivity index (χ2n) is 7.02. The number of hydrogen-bond acceptors (Lipinski definition) is 4. The fraction of sp³-hybridized carbons (Fsp3) is 0.167. The Balaban J connectivity index is 1.47. The molecule has 0 aliphatic heterocycles. The zero-order valence-electron chi connectivity index (χ0n) is 16.7. The molecule has 0 aliphatic rings. The molecule has 5 nitrogen and oxygen atoms in total. The maximum Gasteiger partial charge on any atom is 0.262 e. The van der Waals surface area contributed by atoms with Crippen LogP contribution in [-0.2, 0) is 11.2 Å². The summed E-state index contributed by atoms with van der Waals surface area (Å²) in [5.74, 6) is 0.806. The third-order valence-corrected chi connectivity index (χ3v) is 5.06. The number of amides is 1. The van der Waals surface area contributed by atoms with Gasteiger partial charge in [-0.2, -0.15) is 0 Å². The molecule has 3 aromatic carbocycles. The smallest absolute Gasteiger partial charge is 0.262 e. The number of ether oxygens (including phenoxy) is 1. The van der Waals surface area contributed by atoms with E-state index in [1.54, 1.807) is 18.2 Å². The molecule has 0 saturated heterocycles. The number of carbonyl (C=O) groups excluding carboxylic acids is 1. The molecule has 1 N–H and O–H groups in total. The van der Waals surface area contributed by atoms with Crippen LogP contribution in [0.15, 0.2) is 65.1 Å². The van der Waals surface area contributed by atoms with E-state index < -0.39 is 0 Å². The predicted octanol–water partition coefficient (Wildman–Crippen LogP) is 6.04. The van der Waals surface area contributed by atoms with Gasteiger partial charge in [0.25, 0.3) is 5.91 Å². The van der Waals surface area contributed by atoms with Crippen LogP contribution >= 0.6 is 11.6 Å². The molecule has 0 aliphatic carbocycles. The van der Waals surface area contributed by atoms with Gasteiger partial charge in [0, 0.05) is 5.56 Å². The zero-order valence-corrected chi connectivity index (χ0v) is 17.5. The molecule has 1 aromatic heterocycles. The van der Waals surface area contributed by atoms with E-state index >= 15 is 0 Å². The van der Waals surface area contributed by atoms with Crippen molar-refractivity contribution in [3.05, 3.63) is 76.8 Å². The summed E-state index contributed by atoms with van der Waals surface area (Å²) in [6, 6.07) is 18.8. The molecule has 0 radical (unpaired) electrons. The minimum Gasteiger partial charge on any atom is -0.484 e. The molecular formula is C24H21ClN2O3. The number of hydrogen-bond donors (Lipinski definition) is 1. The molecular weight excluding hydrogens is 400 g/mol.